The van der Waals surface area contributed by atoms with Crippen molar-refractivity contribution in [2.45, 2.75) is 11.0 Å². The highest BCUT2D eigenvalue weighted by Crippen LogP contribution is 2.43. The third-order valence-corrected chi connectivity index (χ3v) is 5.45. The van der Waals surface area contributed by atoms with Crippen LogP contribution in [0.2, 0.25) is 0 Å². The second-order valence-electron chi connectivity index (χ2n) is 7.19. The molecule has 0 saturated carbocycles. The van der Waals surface area contributed by atoms with Gasteiger partial charge in [-0.25, -0.2) is 4.98 Å². The van der Waals surface area contributed by atoms with Crippen LogP contribution in [-0.2, 0) is 15.7 Å². The Labute approximate surface area is 197 Å². The van der Waals surface area contributed by atoms with E-state index in [1.54, 1.807) is 30.3 Å². The Morgan fingerprint density at radius 1 is 1.09 bits per heavy atom. The molecule has 4 rings (SSSR count). The molecule has 1 aliphatic heterocycles. The second kappa shape index (κ2) is 9.62. The van der Waals surface area contributed by atoms with Gasteiger partial charge in [0.05, 0.1) is 36.2 Å². The fourth-order valence-corrected chi connectivity index (χ4v) is 3.62. The van der Waals surface area contributed by atoms with Crippen LogP contribution in [-0.4, -0.2) is 42.0 Å². The lowest BCUT2D eigenvalue weighted by atomic mass is 10.0. The van der Waals surface area contributed by atoms with Crippen LogP contribution in [0.3, 0.4) is 0 Å². The smallest absolute Gasteiger partial charge is 0.417 e. The summed E-state index contributed by atoms with van der Waals surface area (Å²) in [5.74, 6) is -0.434. The minimum atomic E-state index is -4.59. The summed E-state index contributed by atoms with van der Waals surface area (Å²) in [6.45, 7) is 1.76. The lowest BCUT2D eigenvalue weighted by Gasteiger charge is -2.31. The standard InChI is InChI=1S/C22H18Cl2F3N3O3/c23-19(24)20(31)29-14-6-4-13(5-7-14)17-12-28-21(33-17)18-15(22(25,26)27)2-1-3-16(18)30-8-10-32-11-9-30/h1-7,12,19H,8-11H2,(H,29,31). The number of rotatable bonds is 5. The molecule has 0 atom stereocenters. The fourth-order valence-electron chi connectivity index (χ4n) is 3.51. The number of nitrogens with one attached hydrogen (secondary N) is 1. The van der Waals surface area contributed by atoms with Crippen molar-refractivity contribution in [1.29, 1.82) is 0 Å². The molecule has 0 aliphatic carbocycles. The molecule has 3 aromatic rings. The molecule has 6 nitrogen and oxygen atoms in total. The minimum Gasteiger partial charge on any atom is -0.436 e. The topological polar surface area (TPSA) is 67.6 Å². The van der Waals surface area contributed by atoms with E-state index in [-0.39, 0.29) is 17.2 Å². The Balaban J connectivity index is 1.68. The van der Waals surface area contributed by atoms with Gasteiger partial charge in [-0.3, -0.25) is 4.79 Å². The number of amides is 1. The number of halogens is 5. The summed E-state index contributed by atoms with van der Waals surface area (Å²) < 4.78 is 52.7. The Hall–Kier alpha value is -2.75. The Bertz CT molecular complexity index is 1130. The molecule has 1 aromatic heterocycles. The molecule has 1 aliphatic rings. The number of hydrogen-bond acceptors (Lipinski definition) is 5. The van der Waals surface area contributed by atoms with Gasteiger partial charge in [0.2, 0.25) is 5.89 Å². The number of carbonyl (C=O) groups is 1. The van der Waals surface area contributed by atoms with E-state index >= 15 is 0 Å². The molecule has 1 saturated heterocycles. The summed E-state index contributed by atoms with van der Waals surface area (Å²) >= 11 is 11.0. The third kappa shape index (κ3) is 5.26. The quantitative estimate of drug-likeness (QED) is 0.462. The number of benzene rings is 2. The predicted molar refractivity (Wildman–Crippen MR) is 120 cm³/mol. The number of alkyl halides is 5. The maximum absolute atomic E-state index is 13.9. The minimum absolute atomic E-state index is 0.114. The summed E-state index contributed by atoms with van der Waals surface area (Å²) in [4.78, 5) is 16.4. The highest BCUT2D eigenvalue weighted by molar-refractivity contribution is 6.54. The number of aromatic nitrogens is 1. The molecular weight excluding hydrogens is 482 g/mol. The van der Waals surface area contributed by atoms with Crippen LogP contribution < -0.4 is 10.2 Å². The second-order valence-corrected chi connectivity index (χ2v) is 8.29. The van der Waals surface area contributed by atoms with Crippen molar-refractivity contribution in [3.8, 4) is 22.8 Å². The first-order chi connectivity index (χ1) is 15.7. The third-order valence-electron chi connectivity index (χ3n) is 5.05. The van der Waals surface area contributed by atoms with Crippen molar-refractivity contribution >= 4 is 40.5 Å². The van der Waals surface area contributed by atoms with Gasteiger partial charge in [0.15, 0.2) is 10.6 Å². The van der Waals surface area contributed by atoms with Crippen molar-refractivity contribution in [1.82, 2.24) is 4.98 Å². The zero-order valence-corrected chi connectivity index (χ0v) is 18.5. The maximum atomic E-state index is 13.9. The van der Waals surface area contributed by atoms with Crippen molar-refractivity contribution in [2.24, 2.45) is 0 Å². The van der Waals surface area contributed by atoms with Gasteiger partial charge in [-0.15, -0.1) is 0 Å². The van der Waals surface area contributed by atoms with Gasteiger partial charge in [-0.1, -0.05) is 29.3 Å². The Kier molecular flexibility index (Phi) is 6.83. The van der Waals surface area contributed by atoms with Crippen LogP contribution in [0.4, 0.5) is 24.5 Å². The molecule has 1 fully saturated rings. The van der Waals surface area contributed by atoms with Crippen LogP contribution in [0, 0.1) is 0 Å². The summed E-state index contributed by atoms with van der Waals surface area (Å²) in [7, 11) is 0. The number of morpholine rings is 1. The molecule has 1 amide bonds. The molecule has 2 aromatic carbocycles. The molecule has 1 N–H and O–H groups in total. The number of anilines is 2. The number of hydrogen-bond donors (Lipinski definition) is 1. The molecule has 2 heterocycles. The molecule has 174 valence electrons. The monoisotopic (exact) mass is 499 g/mol. The summed E-state index contributed by atoms with van der Waals surface area (Å²) in [5, 5.41) is 2.53. The first kappa shape index (κ1) is 23.4. The molecule has 0 bridgehead atoms. The number of nitrogens with zero attached hydrogens (tertiary/aromatic N) is 2. The van der Waals surface area contributed by atoms with Crippen molar-refractivity contribution in [3.63, 3.8) is 0 Å². The largest absolute Gasteiger partial charge is 0.436 e. The zero-order valence-electron chi connectivity index (χ0n) is 17.0. The van der Waals surface area contributed by atoms with E-state index in [4.69, 9.17) is 32.4 Å². The predicted octanol–water partition coefficient (Wildman–Crippen LogP) is 5.61. The van der Waals surface area contributed by atoms with Gasteiger partial charge in [-0.05, 0) is 36.4 Å². The SMILES string of the molecule is O=C(Nc1ccc(-c2cnc(-c3c(N4CCOCC4)cccc3C(F)(F)F)o2)cc1)C(Cl)Cl. The van der Waals surface area contributed by atoms with Gasteiger partial charge in [0.25, 0.3) is 5.91 Å². The molecule has 11 heteroatoms. The average molecular weight is 500 g/mol. The van der Waals surface area contributed by atoms with E-state index < -0.39 is 22.5 Å². The lowest BCUT2D eigenvalue weighted by molar-refractivity contribution is -0.137. The van der Waals surface area contributed by atoms with Crippen LogP contribution in [0.5, 0.6) is 0 Å². The van der Waals surface area contributed by atoms with E-state index in [9.17, 15) is 18.0 Å². The molecule has 0 radical (unpaired) electrons. The fraction of sp³-hybridized carbons (Fsp3) is 0.273. The van der Waals surface area contributed by atoms with Gasteiger partial charge in [0.1, 0.15) is 0 Å². The van der Waals surface area contributed by atoms with E-state index in [2.05, 4.69) is 10.3 Å². The molecule has 0 unspecified atom stereocenters. The number of carbonyl (C=O) groups excluding carboxylic acids is 1. The molecule has 0 spiro atoms. The molecular formula is C22H18Cl2F3N3O3. The maximum Gasteiger partial charge on any atom is 0.417 e. The van der Waals surface area contributed by atoms with Gasteiger partial charge >= 0.3 is 6.18 Å². The van der Waals surface area contributed by atoms with Gasteiger partial charge < -0.3 is 19.4 Å². The highest BCUT2D eigenvalue weighted by Gasteiger charge is 2.37. The number of ether oxygens (including phenoxy) is 1. The van der Waals surface area contributed by atoms with Crippen LogP contribution in [0.1, 0.15) is 5.56 Å². The Morgan fingerprint density at radius 3 is 2.42 bits per heavy atom. The zero-order chi connectivity index (χ0) is 23.6. The summed E-state index contributed by atoms with van der Waals surface area (Å²) in [6.07, 6.45) is -3.22. The molecule has 33 heavy (non-hydrogen) atoms. The highest BCUT2D eigenvalue weighted by atomic mass is 35.5. The first-order valence-electron chi connectivity index (χ1n) is 9.92. The van der Waals surface area contributed by atoms with E-state index in [1.807, 2.05) is 4.90 Å². The van der Waals surface area contributed by atoms with Crippen LogP contribution in [0.25, 0.3) is 22.8 Å². The summed E-state index contributed by atoms with van der Waals surface area (Å²) in [6, 6.07) is 10.5. The number of oxazole rings is 1. The van der Waals surface area contributed by atoms with Gasteiger partial charge in [-0.2, -0.15) is 13.2 Å². The van der Waals surface area contributed by atoms with E-state index in [0.29, 0.717) is 43.2 Å². The Morgan fingerprint density at radius 2 is 1.79 bits per heavy atom. The first-order valence-corrected chi connectivity index (χ1v) is 10.8. The van der Waals surface area contributed by atoms with Crippen molar-refractivity contribution < 1.29 is 27.1 Å². The van der Waals surface area contributed by atoms with E-state index in [1.165, 1.54) is 12.3 Å². The van der Waals surface area contributed by atoms with Crippen molar-refractivity contribution in [2.75, 3.05) is 36.5 Å². The lowest BCUT2D eigenvalue weighted by Crippen LogP contribution is -2.36. The summed E-state index contributed by atoms with van der Waals surface area (Å²) in [5.41, 5.74) is 0.465. The van der Waals surface area contributed by atoms with Crippen LogP contribution in [0.15, 0.2) is 53.1 Å². The average Bonchev–Trinajstić information content (AvgIpc) is 3.29. The van der Waals surface area contributed by atoms with E-state index in [0.717, 1.165) is 6.07 Å². The van der Waals surface area contributed by atoms with Gasteiger partial charge in [0, 0.05) is 24.3 Å². The normalized spacial score (nSPS) is 14.5. The van der Waals surface area contributed by atoms with Crippen LogP contribution >= 0.6 is 23.2 Å². The van der Waals surface area contributed by atoms with Crippen molar-refractivity contribution in [3.05, 3.63) is 54.2 Å².